The van der Waals surface area contributed by atoms with Crippen molar-refractivity contribution in [2.75, 3.05) is 18.8 Å². The van der Waals surface area contributed by atoms with E-state index in [0.717, 1.165) is 63.6 Å². The van der Waals surface area contributed by atoms with Crippen molar-refractivity contribution in [1.29, 1.82) is 0 Å². The zero-order valence-corrected chi connectivity index (χ0v) is 23.7. The minimum Gasteiger partial charge on any atom is -0.375 e. The van der Waals surface area contributed by atoms with Gasteiger partial charge in [0.1, 0.15) is 0 Å². The van der Waals surface area contributed by atoms with Crippen molar-refractivity contribution in [3.63, 3.8) is 0 Å². The molecule has 0 aliphatic heterocycles. The first kappa shape index (κ1) is 27.2. The predicted octanol–water partition coefficient (Wildman–Crippen LogP) is 4.68. The Morgan fingerprint density at radius 2 is 1.79 bits per heavy atom. The maximum absolute atomic E-state index is 13.0. The van der Waals surface area contributed by atoms with Crippen LogP contribution in [-0.4, -0.2) is 53.4 Å². The van der Waals surface area contributed by atoms with E-state index < -0.39 is 10.0 Å². The number of anilines is 1. The third kappa shape index (κ3) is 6.59. The van der Waals surface area contributed by atoms with Gasteiger partial charge in [-0.1, -0.05) is 6.92 Å². The van der Waals surface area contributed by atoms with Gasteiger partial charge in [0.25, 0.3) is 0 Å². The molecule has 1 unspecified atom stereocenters. The summed E-state index contributed by atoms with van der Waals surface area (Å²) in [5.41, 5.74) is 7.96. The lowest BCUT2D eigenvalue weighted by atomic mass is 9.84. The highest BCUT2D eigenvalue weighted by Gasteiger charge is 2.29. The largest absolute Gasteiger partial charge is 0.375 e. The minimum absolute atomic E-state index is 0.00739. The van der Waals surface area contributed by atoms with Gasteiger partial charge in [-0.3, -0.25) is 4.90 Å². The maximum atomic E-state index is 13.0. The third-order valence-electron chi connectivity index (χ3n) is 7.94. The van der Waals surface area contributed by atoms with E-state index in [0.29, 0.717) is 22.9 Å². The Hall–Kier alpha value is -2.40. The summed E-state index contributed by atoms with van der Waals surface area (Å²) in [5.74, 6) is 1.23. The lowest BCUT2D eigenvalue weighted by Crippen LogP contribution is -2.41. The smallest absolute Gasteiger partial charge is 0.240 e. The van der Waals surface area contributed by atoms with Crippen LogP contribution in [0.2, 0.25) is 0 Å². The van der Waals surface area contributed by atoms with Crippen LogP contribution in [-0.2, 0) is 22.9 Å². The fourth-order valence-electron chi connectivity index (χ4n) is 5.89. The Morgan fingerprint density at radius 1 is 1.05 bits per heavy atom. The molecule has 1 atom stereocenters. The Kier molecular flexibility index (Phi) is 8.72. The van der Waals surface area contributed by atoms with Crippen molar-refractivity contribution in [1.82, 2.24) is 24.6 Å². The maximum Gasteiger partial charge on any atom is 0.240 e. The molecule has 0 saturated heterocycles. The van der Waals surface area contributed by atoms with Gasteiger partial charge in [-0.05, 0) is 101 Å². The molecule has 2 aliphatic carbocycles. The Morgan fingerprint density at radius 3 is 2.50 bits per heavy atom. The highest BCUT2D eigenvalue weighted by molar-refractivity contribution is 7.89. The number of nitrogen functional groups attached to an aromatic ring is 1. The molecule has 2 aliphatic rings. The molecule has 1 fully saturated rings. The molecule has 3 N–H and O–H groups in total. The second-order valence-electron chi connectivity index (χ2n) is 10.6. The molecule has 0 bridgehead atoms. The number of aryl methyl sites for hydroxylation is 1. The fourth-order valence-corrected chi connectivity index (χ4v) is 8.07. The van der Waals surface area contributed by atoms with Crippen LogP contribution in [0.5, 0.6) is 0 Å². The molecule has 204 valence electrons. The van der Waals surface area contributed by atoms with Gasteiger partial charge in [0.2, 0.25) is 10.0 Å². The van der Waals surface area contributed by atoms with Gasteiger partial charge in [-0.25, -0.2) is 28.1 Å². The monoisotopic (exact) mass is 554 g/mol. The van der Waals surface area contributed by atoms with E-state index in [2.05, 4.69) is 31.5 Å². The summed E-state index contributed by atoms with van der Waals surface area (Å²) in [6.45, 7) is 4.47. The molecule has 1 saturated carbocycles. The topological polar surface area (TPSA) is 114 Å². The van der Waals surface area contributed by atoms with E-state index in [1.807, 2.05) is 0 Å². The molecule has 0 radical (unpaired) electrons. The molecule has 5 rings (SSSR count). The standard InChI is InChI=1S/C28H38N6O2S2/c1-2-17-34(23-10-13-26-25(19-23)32-28(29)37-26)18-14-20-4-8-22(9-5-20)33-38(35,36)24-11-6-21(7-12-24)27-30-15-3-16-31-27/h3,6-7,11-12,15-16,20,22-23,33H,2,4-5,8-10,13-14,17-19H2,1H3,(H2,29,32). The predicted molar refractivity (Wildman–Crippen MR) is 152 cm³/mol. The number of thiazole rings is 1. The molecular weight excluding hydrogens is 516 g/mol. The molecular formula is C28H38N6O2S2. The molecule has 10 heteroatoms. The number of aromatic nitrogens is 3. The fraction of sp³-hybridized carbons (Fsp3) is 0.536. The number of sulfonamides is 1. The van der Waals surface area contributed by atoms with E-state index in [1.165, 1.54) is 23.4 Å². The van der Waals surface area contributed by atoms with Gasteiger partial charge >= 0.3 is 0 Å². The van der Waals surface area contributed by atoms with Gasteiger partial charge < -0.3 is 5.73 Å². The van der Waals surface area contributed by atoms with Crippen LogP contribution in [0.4, 0.5) is 5.13 Å². The van der Waals surface area contributed by atoms with Crippen molar-refractivity contribution in [3.8, 4) is 11.4 Å². The summed E-state index contributed by atoms with van der Waals surface area (Å²) in [6.07, 6.45) is 12.9. The van der Waals surface area contributed by atoms with E-state index in [4.69, 9.17) is 5.73 Å². The van der Waals surface area contributed by atoms with Crippen LogP contribution < -0.4 is 10.5 Å². The van der Waals surface area contributed by atoms with Gasteiger partial charge in [-0.2, -0.15) is 0 Å². The summed E-state index contributed by atoms with van der Waals surface area (Å²) >= 11 is 1.65. The van der Waals surface area contributed by atoms with Gasteiger partial charge in [0.05, 0.1) is 10.6 Å². The second-order valence-corrected chi connectivity index (χ2v) is 13.4. The molecule has 3 aromatic rings. The number of nitrogens with two attached hydrogens (primary N) is 1. The van der Waals surface area contributed by atoms with Crippen molar-refractivity contribution in [2.45, 2.75) is 81.7 Å². The van der Waals surface area contributed by atoms with Crippen LogP contribution >= 0.6 is 11.3 Å². The number of benzene rings is 1. The zero-order valence-electron chi connectivity index (χ0n) is 22.1. The van der Waals surface area contributed by atoms with Crippen LogP contribution in [0.15, 0.2) is 47.6 Å². The van der Waals surface area contributed by atoms with Gasteiger partial charge in [0, 0.05) is 41.3 Å². The summed E-state index contributed by atoms with van der Waals surface area (Å²) in [4.78, 5) is 17.4. The van der Waals surface area contributed by atoms with Crippen LogP contribution in [0, 0.1) is 5.92 Å². The summed E-state index contributed by atoms with van der Waals surface area (Å²) in [6, 6.07) is 9.09. The minimum atomic E-state index is -3.56. The van der Waals surface area contributed by atoms with Gasteiger partial charge in [-0.15, -0.1) is 11.3 Å². The SMILES string of the molecule is CCCN(CCC1CCC(NS(=O)(=O)c2ccc(-c3ncccn3)cc2)CC1)C1CCc2sc(N)nc2C1. The van der Waals surface area contributed by atoms with Crippen LogP contribution in [0.3, 0.4) is 0 Å². The summed E-state index contributed by atoms with van der Waals surface area (Å²) < 4.78 is 29.0. The average molecular weight is 555 g/mol. The highest BCUT2D eigenvalue weighted by Crippen LogP contribution is 2.32. The van der Waals surface area contributed by atoms with E-state index >= 15 is 0 Å². The van der Waals surface area contributed by atoms with Crippen molar-refractivity contribution >= 4 is 26.5 Å². The third-order valence-corrected chi connectivity index (χ3v) is 10.5. The van der Waals surface area contributed by atoms with E-state index in [1.54, 1.807) is 54.1 Å². The van der Waals surface area contributed by atoms with E-state index in [-0.39, 0.29) is 10.9 Å². The molecule has 0 amide bonds. The second kappa shape index (κ2) is 12.2. The number of nitrogens with one attached hydrogen (secondary N) is 1. The van der Waals surface area contributed by atoms with Crippen molar-refractivity contribution in [2.24, 2.45) is 5.92 Å². The van der Waals surface area contributed by atoms with Crippen molar-refractivity contribution < 1.29 is 8.42 Å². The number of hydrogen-bond acceptors (Lipinski definition) is 8. The van der Waals surface area contributed by atoms with Crippen molar-refractivity contribution in [3.05, 3.63) is 53.3 Å². The Balaban J connectivity index is 1.10. The first-order valence-corrected chi connectivity index (χ1v) is 16.1. The zero-order chi connectivity index (χ0) is 26.5. The normalized spacial score (nSPS) is 21.9. The lowest BCUT2D eigenvalue weighted by molar-refractivity contribution is 0.158. The first-order chi connectivity index (χ1) is 18.4. The number of rotatable bonds is 10. The quantitative estimate of drug-likeness (QED) is 0.374. The highest BCUT2D eigenvalue weighted by atomic mass is 32.2. The molecule has 2 aromatic heterocycles. The summed E-state index contributed by atoms with van der Waals surface area (Å²) in [5, 5.41) is 0.698. The number of fused-ring (bicyclic) bond motifs is 1. The average Bonchev–Trinajstić information content (AvgIpc) is 3.31. The number of nitrogens with zero attached hydrogens (tertiary/aromatic N) is 4. The summed E-state index contributed by atoms with van der Waals surface area (Å²) in [7, 11) is -3.56. The number of hydrogen-bond donors (Lipinski definition) is 2. The van der Waals surface area contributed by atoms with E-state index in [9.17, 15) is 8.42 Å². The molecule has 0 spiro atoms. The molecule has 38 heavy (non-hydrogen) atoms. The molecule has 8 nitrogen and oxygen atoms in total. The molecule has 1 aromatic carbocycles. The first-order valence-electron chi connectivity index (χ1n) is 13.8. The van der Waals surface area contributed by atoms with Crippen LogP contribution in [0.25, 0.3) is 11.4 Å². The lowest BCUT2D eigenvalue weighted by Gasteiger charge is -2.36. The Bertz CT molecular complexity index is 1290. The van der Waals surface area contributed by atoms with Gasteiger partial charge in [0.15, 0.2) is 11.0 Å². The molecule has 2 heterocycles. The van der Waals surface area contributed by atoms with Crippen LogP contribution in [0.1, 0.15) is 62.4 Å². The Labute approximate surface area is 230 Å².